The number of hydrazone groups is 1. The van der Waals surface area contributed by atoms with Crippen LogP contribution >= 0.6 is 39.1 Å². The number of carbonyl (C=O) groups excluding carboxylic acids is 1. The summed E-state index contributed by atoms with van der Waals surface area (Å²) in [6.45, 7) is 1.79. The van der Waals surface area contributed by atoms with Crippen molar-refractivity contribution in [3.8, 4) is 0 Å². The third kappa shape index (κ3) is 4.83. The van der Waals surface area contributed by atoms with Crippen molar-refractivity contribution in [3.63, 3.8) is 0 Å². The number of benzene rings is 2. The van der Waals surface area contributed by atoms with E-state index in [1.807, 2.05) is 24.3 Å². The standard InChI is InChI=1S/C16H13BrCl2N2O/c1-10(12-4-7-14(18)15(19)9-12)20-21-16(22)8-11-2-5-13(17)6-3-11/h2-7,9H,8H2,1H3,(H,21,22). The molecule has 0 saturated heterocycles. The smallest absolute Gasteiger partial charge is 0.244 e. The summed E-state index contributed by atoms with van der Waals surface area (Å²) in [6, 6.07) is 12.8. The Labute approximate surface area is 147 Å². The van der Waals surface area contributed by atoms with Gasteiger partial charge in [-0.25, -0.2) is 5.43 Å². The molecule has 0 spiro atoms. The first kappa shape index (κ1) is 17.0. The van der Waals surface area contributed by atoms with Gasteiger partial charge < -0.3 is 0 Å². The zero-order valence-corrected chi connectivity index (χ0v) is 14.8. The van der Waals surface area contributed by atoms with Gasteiger partial charge in [0.05, 0.1) is 22.2 Å². The first-order chi connectivity index (χ1) is 10.5. The van der Waals surface area contributed by atoms with Gasteiger partial charge in [0.1, 0.15) is 0 Å². The molecule has 2 aromatic carbocycles. The highest BCUT2D eigenvalue weighted by atomic mass is 79.9. The maximum atomic E-state index is 11.9. The topological polar surface area (TPSA) is 41.5 Å². The number of amides is 1. The van der Waals surface area contributed by atoms with Crippen LogP contribution < -0.4 is 5.43 Å². The molecule has 1 N–H and O–H groups in total. The minimum absolute atomic E-state index is 0.179. The zero-order valence-electron chi connectivity index (χ0n) is 11.7. The van der Waals surface area contributed by atoms with Crippen LogP contribution in [0, 0.1) is 0 Å². The van der Waals surface area contributed by atoms with Crippen LogP contribution in [0.1, 0.15) is 18.1 Å². The van der Waals surface area contributed by atoms with Crippen molar-refractivity contribution in [3.05, 3.63) is 68.1 Å². The van der Waals surface area contributed by atoms with Gasteiger partial charge in [-0.1, -0.05) is 57.3 Å². The fraction of sp³-hybridized carbons (Fsp3) is 0.125. The Morgan fingerprint density at radius 2 is 1.82 bits per heavy atom. The zero-order chi connectivity index (χ0) is 16.1. The van der Waals surface area contributed by atoms with Crippen LogP contribution in [0.15, 0.2) is 52.0 Å². The molecule has 0 fully saturated rings. The quantitative estimate of drug-likeness (QED) is 0.580. The van der Waals surface area contributed by atoms with Crippen molar-refractivity contribution in [2.75, 3.05) is 0 Å². The number of carbonyl (C=O) groups is 1. The van der Waals surface area contributed by atoms with Gasteiger partial charge in [0.25, 0.3) is 0 Å². The van der Waals surface area contributed by atoms with Gasteiger partial charge in [-0.2, -0.15) is 5.10 Å². The minimum atomic E-state index is -0.179. The second-order valence-electron chi connectivity index (χ2n) is 4.66. The predicted molar refractivity (Wildman–Crippen MR) is 94.7 cm³/mol. The average Bonchev–Trinajstić information content (AvgIpc) is 2.50. The highest BCUT2D eigenvalue weighted by molar-refractivity contribution is 9.10. The Kier molecular flexibility index (Phi) is 6.00. The van der Waals surface area contributed by atoms with Crippen LogP contribution in [0.5, 0.6) is 0 Å². The molecule has 1 amide bonds. The fourth-order valence-corrected chi connectivity index (χ4v) is 2.32. The van der Waals surface area contributed by atoms with Crippen LogP contribution in [-0.4, -0.2) is 11.6 Å². The highest BCUT2D eigenvalue weighted by Gasteiger charge is 2.05. The van der Waals surface area contributed by atoms with Crippen molar-refractivity contribution >= 4 is 50.8 Å². The summed E-state index contributed by atoms with van der Waals surface area (Å²) in [6.07, 6.45) is 0.269. The van der Waals surface area contributed by atoms with E-state index >= 15 is 0 Å². The van der Waals surface area contributed by atoms with E-state index in [4.69, 9.17) is 23.2 Å². The summed E-state index contributed by atoms with van der Waals surface area (Å²) in [7, 11) is 0. The monoisotopic (exact) mass is 398 g/mol. The molecular formula is C16H13BrCl2N2O. The largest absolute Gasteiger partial charge is 0.273 e. The number of nitrogens with zero attached hydrogens (tertiary/aromatic N) is 1. The molecular weight excluding hydrogens is 387 g/mol. The summed E-state index contributed by atoms with van der Waals surface area (Å²) >= 11 is 15.2. The molecule has 2 aromatic rings. The van der Waals surface area contributed by atoms with E-state index in [-0.39, 0.29) is 12.3 Å². The lowest BCUT2D eigenvalue weighted by Crippen LogP contribution is -2.21. The lowest BCUT2D eigenvalue weighted by Gasteiger charge is -2.05. The average molecular weight is 400 g/mol. The molecule has 0 atom stereocenters. The van der Waals surface area contributed by atoms with Crippen molar-refractivity contribution in [2.24, 2.45) is 5.10 Å². The van der Waals surface area contributed by atoms with Crippen LogP contribution in [0.2, 0.25) is 10.0 Å². The number of hydrogen-bond donors (Lipinski definition) is 1. The van der Waals surface area contributed by atoms with Crippen molar-refractivity contribution < 1.29 is 4.79 Å². The van der Waals surface area contributed by atoms with Gasteiger partial charge in [0, 0.05) is 4.47 Å². The molecule has 0 aliphatic heterocycles. The lowest BCUT2D eigenvalue weighted by molar-refractivity contribution is -0.120. The number of rotatable bonds is 4. The highest BCUT2D eigenvalue weighted by Crippen LogP contribution is 2.22. The Bertz CT molecular complexity index is 715. The predicted octanol–water partition coefficient (Wildman–Crippen LogP) is 4.84. The van der Waals surface area contributed by atoms with E-state index in [0.29, 0.717) is 15.8 Å². The first-order valence-corrected chi connectivity index (χ1v) is 8.03. The molecule has 3 nitrogen and oxygen atoms in total. The molecule has 0 radical (unpaired) electrons. The van der Waals surface area contributed by atoms with Gasteiger partial charge in [-0.05, 0) is 42.3 Å². The SMILES string of the molecule is CC(=NNC(=O)Cc1ccc(Br)cc1)c1ccc(Cl)c(Cl)c1. The molecule has 2 rings (SSSR count). The van der Waals surface area contributed by atoms with E-state index in [2.05, 4.69) is 26.5 Å². The molecule has 0 heterocycles. The number of halogens is 3. The molecule has 114 valence electrons. The second kappa shape index (κ2) is 7.77. The summed E-state index contributed by atoms with van der Waals surface area (Å²) in [5, 5.41) is 5.02. The minimum Gasteiger partial charge on any atom is -0.273 e. The van der Waals surface area contributed by atoms with E-state index < -0.39 is 0 Å². The Balaban J connectivity index is 1.99. The van der Waals surface area contributed by atoms with Crippen molar-refractivity contribution in [2.45, 2.75) is 13.3 Å². The maximum absolute atomic E-state index is 11.9. The fourth-order valence-electron chi connectivity index (χ4n) is 1.76. The Hall–Kier alpha value is -1.36. The molecule has 0 bridgehead atoms. The lowest BCUT2D eigenvalue weighted by atomic mass is 10.1. The molecule has 6 heteroatoms. The Morgan fingerprint density at radius 3 is 2.45 bits per heavy atom. The molecule has 0 aliphatic rings. The molecule has 0 aromatic heterocycles. The van der Waals surface area contributed by atoms with Crippen LogP contribution in [-0.2, 0) is 11.2 Å². The number of nitrogens with one attached hydrogen (secondary N) is 1. The molecule has 22 heavy (non-hydrogen) atoms. The van der Waals surface area contributed by atoms with Gasteiger partial charge in [-0.3, -0.25) is 4.79 Å². The molecule has 0 saturated carbocycles. The molecule has 0 aliphatic carbocycles. The van der Waals surface area contributed by atoms with E-state index in [0.717, 1.165) is 15.6 Å². The molecule has 0 unspecified atom stereocenters. The van der Waals surface area contributed by atoms with Gasteiger partial charge >= 0.3 is 0 Å². The Morgan fingerprint density at radius 1 is 1.14 bits per heavy atom. The summed E-state index contributed by atoms with van der Waals surface area (Å²) in [5.74, 6) is -0.179. The van der Waals surface area contributed by atoms with E-state index in [9.17, 15) is 4.79 Å². The first-order valence-electron chi connectivity index (χ1n) is 6.48. The van der Waals surface area contributed by atoms with E-state index in [1.165, 1.54) is 0 Å². The number of hydrogen-bond acceptors (Lipinski definition) is 2. The van der Waals surface area contributed by atoms with Crippen LogP contribution in [0.25, 0.3) is 0 Å². The summed E-state index contributed by atoms with van der Waals surface area (Å²) in [5.41, 5.74) is 4.92. The second-order valence-corrected chi connectivity index (χ2v) is 6.39. The van der Waals surface area contributed by atoms with Crippen LogP contribution in [0.4, 0.5) is 0 Å². The van der Waals surface area contributed by atoms with Crippen molar-refractivity contribution in [1.29, 1.82) is 0 Å². The summed E-state index contributed by atoms with van der Waals surface area (Å²) in [4.78, 5) is 11.9. The van der Waals surface area contributed by atoms with Gasteiger partial charge in [0.15, 0.2) is 0 Å². The van der Waals surface area contributed by atoms with Gasteiger partial charge in [0.2, 0.25) is 5.91 Å². The summed E-state index contributed by atoms with van der Waals surface area (Å²) < 4.78 is 0.977. The van der Waals surface area contributed by atoms with Gasteiger partial charge in [-0.15, -0.1) is 0 Å². The van der Waals surface area contributed by atoms with Crippen LogP contribution in [0.3, 0.4) is 0 Å². The van der Waals surface area contributed by atoms with E-state index in [1.54, 1.807) is 25.1 Å². The normalized spacial score (nSPS) is 11.4. The third-order valence-electron chi connectivity index (χ3n) is 2.96. The third-order valence-corrected chi connectivity index (χ3v) is 4.23. The van der Waals surface area contributed by atoms with Crippen molar-refractivity contribution in [1.82, 2.24) is 5.43 Å². The maximum Gasteiger partial charge on any atom is 0.244 e.